The number of amides is 1. The maximum absolute atomic E-state index is 12.7. The van der Waals surface area contributed by atoms with Crippen LogP contribution in [0, 0.1) is 0 Å². The summed E-state index contributed by atoms with van der Waals surface area (Å²) in [5.74, 6) is -3.13. The van der Waals surface area contributed by atoms with Crippen LogP contribution in [-0.4, -0.2) is 34.4 Å². The second-order valence-corrected chi connectivity index (χ2v) is 7.09. The third-order valence-electron chi connectivity index (χ3n) is 4.68. The Hall–Kier alpha value is -2.96. The van der Waals surface area contributed by atoms with Crippen molar-refractivity contribution in [1.29, 1.82) is 0 Å². The van der Waals surface area contributed by atoms with Crippen molar-refractivity contribution in [2.75, 3.05) is 11.4 Å². The number of halogens is 2. The van der Waals surface area contributed by atoms with E-state index < -0.39 is 5.92 Å². The average Bonchev–Trinajstić information content (AvgIpc) is 2.73. The van der Waals surface area contributed by atoms with Gasteiger partial charge >= 0.3 is 0 Å². The Labute approximate surface area is 182 Å². The zero-order valence-electron chi connectivity index (χ0n) is 18.7. The van der Waals surface area contributed by atoms with Crippen molar-refractivity contribution in [2.45, 2.75) is 59.8 Å². The third-order valence-corrected chi connectivity index (χ3v) is 4.68. The SMILES string of the molecule is CC.CC(=O)c1ccc2c(c1)CCCN2C(=O)c1ccc(O)cc1O.CCC(C)(F)F. The van der Waals surface area contributed by atoms with Crippen molar-refractivity contribution < 1.29 is 28.6 Å². The quantitative estimate of drug-likeness (QED) is 0.582. The summed E-state index contributed by atoms with van der Waals surface area (Å²) in [6, 6.07) is 9.25. The highest BCUT2D eigenvalue weighted by molar-refractivity contribution is 6.08. The van der Waals surface area contributed by atoms with E-state index in [4.69, 9.17) is 0 Å². The molecule has 0 aromatic heterocycles. The van der Waals surface area contributed by atoms with Crippen LogP contribution < -0.4 is 4.90 Å². The maximum Gasteiger partial charge on any atom is 0.262 e. The molecule has 1 aliphatic rings. The van der Waals surface area contributed by atoms with E-state index in [9.17, 15) is 28.6 Å². The summed E-state index contributed by atoms with van der Waals surface area (Å²) >= 11 is 0. The maximum atomic E-state index is 12.7. The molecule has 3 rings (SSSR count). The minimum absolute atomic E-state index is 0.00701. The molecule has 0 radical (unpaired) electrons. The van der Waals surface area contributed by atoms with E-state index in [0.29, 0.717) is 12.1 Å². The normalized spacial score (nSPS) is 12.5. The Kier molecular flexibility index (Phi) is 9.62. The summed E-state index contributed by atoms with van der Waals surface area (Å²) < 4.78 is 22.9. The number of anilines is 1. The molecular weight excluding hydrogens is 404 g/mol. The second-order valence-electron chi connectivity index (χ2n) is 7.09. The standard InChI is InChI=1S/C18H17NO4.C4H8F2.C2H6/c1-11(20)12-4-7-16-13(9-12)3-2-8-19(16)18(23)15-6-5-14(21)10-17(15)22;1-3-4(2,5)6;1-2/h4-7,9-10,21-22H,2-3,8H2,1H3;3H2,1-2H3;1-2H3. The molecule has 1 heterocycles. The van der Waals surface area contributed by atoms with Gasteiger partial charge in [0.2, 0.25) is 5.92 Å². The number of phenols is 2. The van der Waals surface area contributed by atoms with Gasteiger partial charge in [-0.1, -0.05) is 20.8 Å². The molecule has 0 bridgehead atoms. The van der Waals surface area contributed by atoms with Gasteiger partial charge in [-0.05, 0) is 62.6 Å². The molecule has 0 saturated heterocycles. The van der Waals surface area contributed by atoms with E-state index in [1.807, 2.05) is 19.9 Å². The first-order valence-electron chi connectivity index (χ1n) is 10.4. The third kappa shape index (κ3) is 7.35. The van der Waals surface area contributed by atoms with Crippen LogP contribution in [0.4, 0.5) is 14.5 Å². The molecule has 170 valence electrons. The Balaban J connectivity index is 0.000000521. The highest BCUT2D eigenvalue weighted by Gasteiger charge is 2.26. The van der Waals surface area contributed by atoms with Gasteiger partial charge in [0.15, 0.2) is 5.78 Å². The number of alkyl halides is 2. The first kappa shape index (κ1) is 26.1. The van der Waals surface area contributed by atoms with Crippen LogP contribution in [-0.2, 0) is 6.42 Å². The molecule has 2 aromatic rings. The van der Waals surface area contributed by atoms with Gasteiger partial charge < -0.3 is 15.1 Å². The highest BCUT2D eigenvalue weighted by atomic mass is 19.3. The van der Waals surface area contributed by atoms with Crippen LogP contribution in [0.3, 0.4) is 0 Å². The van der Waals surface area contributed by atoms with Crippen molar-refractivity contribution in [3.63, 3.8) is 0 Å². The summed E-state index contributed by atoms with van der Waals surface area (Å²) in [5.41, 5.74) is 2.49. The number of phenolic OH excluding ortho intramolecular Hbond substituents is 2. The van der Waals surface area contributed by atoms with Crippen molar-refractivity contribution in [1.82, 2.24) is 0 Å². The molecule has 2 N–H and O–H groups in total. The summed E-state index contributed by atoms with van der Waals surface area (Å²) in [6.07, 6.45) is 1.54. The minimum Gasteiger partial charge on any atom is -0.508 e. The van der Waals surface area contributed by atoms with E-state index >= 15 is 0 Å². The van der Waals surface area contributed by atoms with E-state index in [-0.39, 0.29) is 35.2 Å². The van der Waals surface area contributed by atoms with Crippen LogP contribution >= 0.6 is 0 Å². The van der Waals surface area contributed by atoms with Gasteiger partial charge in [-0.3, -0.25) is 9.59 Å². The number of carbonyl (C=O) groups excluding carboxylic acids is 2. The van der Waals surface area contributed by atoms with Gasteiger partial charge in [0.25, 0.3) is 5.91 Å². The zero-order chi connectivity index (χ0) is 23.8. The number of nitrogens with zero attached hydrogens (tertiary/aromatic N) is 1. The summed E-state index contributed by atoms with van der Waals surface area (Å²) in [7, 11) is 0. The van der Waals surface area contributed by atoms with Gasteiger partial charge in [-0.25, -0.2) is 8.78 Å². The largest absolute Gasteiger partial charge is 0.508 e. The summed E-state index contributed by atoms with van der Waals surface area (Å²) in [5, 5.41) is 19.3. The Bertz CT molecular complexity index is 907. The number of aryl methyl sites for hydroxylation is 1. The lowest BCUT2D eigenvalue weighted by molar-refractivity contribution is 0.0181. The van der Waals surface area contributed by atoms with Crippen LogP contribution in [0.2, 0.25) is 0 Å². The van der Waals surface area contributed by atoms with E-state index in [1.165, 1.54) is 26.0 Å². The van der Waals surface area contributed by atoms with Gasteiger partial charge in [0, 0.05) is 30.3 Å². The van der Waals surface area contributed by atoms with E-state index in [2.05, 4.69) is 0 Å². The predicted octanol–water partition coefficient (Wildman–Crippen LogP) is 5.97. The minimum atomic E-state index is -2.46. The molecule has 0 fully saturated rings. The fourth-order valence-electron chi connectivity index (χ4n) is 2.87. The molecule has 2 aromatic carbocycles. The lowest BCUT2D eigenvalue weighted by Gasteiger charge is -2.30. The smallest absolute Gasteiger partial charge is 0.262 e. The van der Waals surface area contributed by atoms with Crippen LogP contribution in [0.1, 0.15) is 73.7 Å². The summed E-state index contributed by atoms with van der Waals surface area (Å²) in [4.78, 5) is 25.8. The first-order valence-corrected chi connectivity index (χ1v) is 10.4. The topological polar surface area (TPSA) is 77.8 Å². The molecule has 0 atom stereocenters. The molecule has 0 aliphatic carbocycles. The zero-order valence-corrected chi connectivity index (χ0v) is 18.7. The fraction of sp³-hybridized carbons (Fsp3) is 0.417. The number of hydrogen-bond donors (Lipinski definition) is 2. The van der Waals surface area contributed by atoms with Crippen LogP contribution in [0.5, 0.6) is 11.5 Å². The van der Waals surface area contributed by atoms with Crippen molar-refractivity contribution in [2.24, 2.45) is 0 Å². The van der Waals surface area contributed by atoms with Gasteiger partial charge in [-0.15, -0.1) is 0 Å². The number of Topliss-reactive ketones (excluding diaryl/α,β-unsaturated/α-hetero) is 1. The van der Waals surface area contributed by atoms with Crippen molar-refractivity contribution in [3.8, 4) is 11.5 Å². The molecular formula is C24H31F2NO4. The Morgan fingerprint density at radius 3 is 2.23 bits per heavy atom. The predicted molar refractivity (Wildman–Crippen MR) is 118 cm³/mol. The molecule has 0 unspecified atom stereocenters. The van der Waals surface area contributed by atoms with E-state index in [0.717, 1.165) is 37.1 Å². The number of aromatic hydroxyl groups is 2. The van der Waals surface area contributed by atoms with Gasteiger partial charge in [0.05, 0.1) is 5.56 Å². The molecule has 1 amide bonds. The van der Waals surface area contributed by atoms with Crippen LogP contribution in [0.25, 0.3) is 0 Å². The number of benzene rings is 2. The number of ketones is 1. The molecule has 0 saturated carbocycles. The molecule has 5 nitrogen and oxygen atoms in total. The van der Waals surface area contributed by atoms with Crippen LogP contribution in [0.15, 0.2) is 36.4 Å². The summed E-state index contributed by atoms with van der Waals surface area (Å²) in [6.45, 7) is 8.43. The fourth-order valence-corrected chi connectivity index (χ4v) is 2.87. The molecule has 0 spiro atoms. The van der Waals surface area contributed by atoms with Gasteiger partial charge in [-0.2, -0.15) is 0 Å². The number of carbonyl (C=O) groups is 2. The van der Waals surface area contributed by atoms with Crippen molar-refractivity contribution >= 4 is 17.4 Å². The molecule has 31 heavy (non-hydrogen) atoms. The monoisotopic (exact) mass is 435 g/mol. The van der Waals surface area contributed by atoms with E-state index in [1.54, 1.807) is 17.0 Å². The highest BCUT2D eigenvalue weighted by Crippen LogP contribution is 2.32. The average molecular weight is 436 g/mol. The Morgan fingerprint density at radius 1 is 1.10 bits per heavy atom. The van der Waals surface area contributed by atoms with Gasteiger partial charge in [0.1, 0.15) is 11.5 Å². The number of rotatable bonds is 3. The second kappa shape index (κ2) is 11.4. The lowest BCUT2D eigenvalue weighted by atomic mass is 9.97. The Morgan fingerprint density at radius 2 is 1.71 bits per heavy atom. The number of hydrogen-bond acceptors (Lipinski definition) is 4. The first-order chi connectivity index (χ1) is 14.5. The number of fused-ring (bicyclic) bond motifs is 1. The molecule has 7 heteroatoms. The van der Waals surface area contributed by atoms with Crippen molar-refractivity contribution in [3.05, 3.63) is 53.1 Å². The lowest BCUT2D eigenvalue weighted by Crippen LogP contribution is -2.35. The molecule has 1 aliphatic heterocycles.